The largest absolute Gasteiger partial charge is 0.383 e. The van der Waals surface area contributed by atoms with Crippen molar-refractivity contribution >= 4 is 34.0 Å². The molecule has 2 N–H and O–H groups in total. The molecule has 0 aliphatic carbocycles. The third-order valence-corrected chi connectivity index (χ3v) is 4.49. The third-order valence-electron chi connectivity index (χ3n) is 3.73. The van der Waals surface area contributed by atoms with Crippen molar-refractivity contribution in [3.05, 3.63) is 41.2 Å². The first-order valence-electron chi connectivity index (χ1n) is 8.94. The summed E-state index contributed by atoms with van der Waals surface area (Å²) in [5.74, 6) is -0.698. The monoisotopic (exact) mass is 408 g/mol. The number of carbonyl (C=O) groups excluding carboxylic acids is 2. The van der Waals surface area contributed by atoms with Gasteiger partial charge in [-0.05, 0) is 38.1 Å². The quantitative estimate of drug-likeness (QED) is 0.631. The molecule has 0 aliphatic heterocycles. The lowest BCUT2D eigenvalue weighted by Crippen LogP contribution is -2.38. The fourth-order valence-corrected chi connectivity index (χ4v) is 3.10. The van der Waals surface area contributed by atoms with Gasteiger partial charge in [-0.25, -0.2) is 9.37 Å². The number of methoxy groups -OCH3 is 1. The Morgan fingerprint density at radius 3 is 2.61 bits per heavy atom. The average Bonchev–Trinajstić information content (AvgIpc) is 3.11. The second kappa shape index (κ2) is 10.7. The fraction of sp³-hybridized carbons (Fsp3) is 0.421. The van der Waals surface area contributed by atoms with Crippen LogP contribution in [-0.2, 0) is 9.53 Å². The second-order valence-corrected chi connectivity index (χ2v) is 7.29. The molecule has 0 spiro atoms. The number of benzene rings is 1. The number of hydrogen-bond acceptors (Lipinski definition) is 6. The molecule has 1 aromatic heterocycles. The standard InChI is InChI=1S/C19H25FN4O3S/c1-13(2)21-17(25)8-9-24(10-11-27-3)18(26)16-12-28-19(23-16)22-15-6-4-14(20)5-7-15/h4-7,12-13H,8-11H2,1-3H3,(H,21,25)(H,22,23). The van der Waals surface area contributed by atoms with Gasteiger partial charge in [-0.2, -0.15) is 0 Å². The highest BCUT2D eigenvalue weighted by Gasteiger charge is 2.20. The first kappa shape index (κ1) is 21.8. The van der Waals surface area contributed by atoms with Gasteiger partial charge in [0, 0.05) is 43.7 Å². The molecule has 152 valence electrons. The van der Waals surface area contributed by atoms with E-state index in [1.54, 1.807) is 29.5 Å². The van der Waals surface area contributed by atoms with Crippen molar-refractivity contribution in [2.24, 2.45) is 0 Å². The van der Waals surface area contributed by atoms with E-state index >= 15 is 0 Å². The summed E-state index contributed by atoms with van der Waals surface area (Å²) < 4.78 is 18.1. The number of aromatic nitrogens is 1. The van der Waals surface area contributed by atoms with Crippen LogP contribution in [0.4, 0.5) is 15.2 Å². The first-order chi connectivity index (χ1) is 13.4. The van der Waals surface area contributed by atoms with E-state index < -0.39 is 0 Å². The maximum Gasteiger partial charge on any atom is 0.273 e. The number of halogens is 1. The Morgan fingerprint density at radius 2 is 1.96 bits per heavy atom. The van der Waals surface area contributed by atoms with Crippen LogP contribution in [0.2, 0.25) is 0 Å². The number of anilines is 2. The molecule has 1 aromatic carbocycles. The summed E-state index contributed by atoms with van der Waals surface area (Å²) >= 11 is 1.28. The Hall–Kier alpha value is -2.52. The van der Waals surface area contributed by atoms with Crippen molar-refractivity contribution in [3.8, 4) is 0 Å². The predicted molar refractivity (Wildman–Crippen MR) is 107 cm³/mol. The molecule has 1 heterocycles. The summed E-state index contributed by atoms with van der Waals surface area (Å²) in [7, 11) is 1.56. The van der Waals surface area contributed by atoms with E-state index in [0.29, 0.717) is 24.0 Å². The Morgan fingerprint density at radius 1 is 1.25 bits per heavy atom. The highest BCUT2D eigenvalue weighted by atomic mass is 32.1. The summed E-state index contributed by atoms with van der Waals surface area (Å²) in [5, 5.41) is 8.03. The van der Waals surface area contributed by atoms with Crippen molar-refractivity contribution in [3.63, 3.8) is 0 Å². The van der Waals surface area contributed by atoms with Crippen LogP contribution in [0, 0.1) is 5.82 Å². The normalized spacial score (nSPS) is 10.8. The van der Waals surface area contributed by atoms with Crippen LogP contribution in [-0.4, -0.2) is 54.5 Å². The van der Waals surface area contributed by atoms with Gasteiger partial charge in [0.25, 0.3) is 5.91 Å². The van der Waals surface area contributed by atoms with Crippen molar-refractivity contribution in [2.75, 3.05) is 32.1 Å². The zero-order valence-corrected chi connectivity index (χ0v) is 17.0. The zero-order valence-electron chi connectivity index (χ0n) is 16.2. The van der Waals surface area contributed by atoms with Crippen molar-refractivity contribution < 1.29 is 18.7 Å². The van der Waals surface area contributed by atoms with Gasteiger partial charge in [0.2, 0.25) is 5.91 Å². The molecule has 0 atom stereocenters. The van der Waals surface area contributed by atoms with Gasteiger partial charge in [-0.3, -0.25) is 9.59 Å². The van der Waals surface area contributed by atoms with Gasteiger partial charge in [0.05, 0.1) is 6.61 Å². The van der Waals surface area contributed by atoms with Crippen LogP contribution in [0.3, 0.4) is 0 Å². The van der Waals surface area contributed by atoms with Gasteiger partial charge < -0.3 is 20.3 Å². The Kier molecular flexibility index (Phi) is 8.34. The zero-order chi connectivity index (χ0) is 20.5. The Bertz CT molecular complexity index is 780. The van der Waals surface area contributed by atoms with E-state index in [9.17, 15) is 14.0 Å². The summed E-state index contributed by atoms with van der Waals surface area (Å²) in [6.07, 6.45) is 0.207. The predicted octanol–water partition coefficient (Wildman–Crippen LogP) is 3.03. The van der Waals surface area contributed by atoms with E-state index in [1.807, 2.05) is 13.8 Å². The minimum absolute atomic E-state index is 0.0502. The van der Waals surface area contributed by atoms with E-state index in [1.165, 1.54) is 23.5 Å². The van der Waals surface area contributed by atoms with Gasteiger partial charge in [0.15, 0.2) is 5.13 Å². The molecular weight excluding hydrogens is 383 g/mol. The highest BCUT2D eigenvalue weighted by molar-refractivity contribution is 7.14. The number of carbonyl (C=O) groups is 2. The van der Waals surface area contributed by atoms with Crippen LogP contribution in [0.25, 0.3) is 0 Å². The van der Waals surface area contributed by atoms with Crippen molar-refractivity contribution in [1.29, 1.82) is 0 Å². The Balaban J connectivity index is 2.01. The first-order valence-corrected chi connectivity index (χ1v) is 9.82. The van der Waals surface area contributed by atoms with E-state index in [-0.39, 0.29) is 42.3 Å². The van der Waals surface area contributed by atoms with Crippen LogP contribution >= 0.6 is 11.3 Å². The molecule has 7 nitrogen and oxygen atoms in total. The molecule has 0 bridgehead atoms. The van der Waals surface area contributed by atoms with Crippen molar-refractivity contribution in [1.82, 2.24) is 15.2 Å². The summed E-state index contributed by atoms with van der Waals surface area (Å²) in [6.45, 7) is 4.78. The van der Waals surface area contributed by atoms with Crippen LogP contribution in [0.5, 0.6) is 0 Å². The average molecular weight is 408 g/mol. The van der Waals surface area contributed by atoms with Crippen LogP contribution in [0.15, 0.2) is 29.6 Å². The van der Waals surface area contributed by atoms with Gasteiger partial charge in [-0.15, -0.1) is 11.3 Å². The van der Waals surface area contributed by atoms with Gasteiger partial charge >= 0.3 is 0 Å². The molecule has 0 unspecified atom stereocenters. The highest BCUT2D eigenvalue weighted by Crippen LogP contribution is 2.22. The topological polar surface area (TPSA) is 83.6 Å². The summed E-state index contributed by atoms with van der Waals surface area (Å²) in [5.41, 5.74) is 0.964. The summed E-state index contributed by atoms with van der Waals surface area (Å²) in [6, 6.07) is 5.93. The van der Waals surface area contributed by atoms with Gasteiger partial charge in [-0.1, -0.05) is 0 Å². The maximum atomic E-state index is 13.0. The van der Waals surface area contributed by atoms with E-state index in [2.05, 4.69) is 15.6 Å². The molecule has 2 aromatic rings. The molecule has 28 heavy (non-hydrogen) atoms. The van der Waals surface area contributed by atoms with Gasteiger partial charge in [0.1, 0.15) is 11.5 Å². The third kappa shape index (κ3) is 6.90. The smallest absolute Gasteiger partial charge is 0.273 e. The molecule has 9 heteroatoms. The number of nitrogens with one attached hydrogen (secondary N) is 2. The number of hydrogen-bond donors (Lipinski definition) is 2. The molecular formula is C19H25FN4O3S. The Labute approximate surface area is 167 Å². The minimum Gasteiger partial charge on any atom is -0.383 e. The number of amides is 2. The fourth-order valence-electron chi connectivity index (χ4n) is 2.40. The molecule has 0 fully saturated rings. The lowest BCUT2D eigenvalue weighted by molar-refractivity contribution is -0.121. The van der Waals surface area contributed by atoms with Crippen LogP contribution < -0.4 is 10.6 Å². The second-order valence-electron chi connectivity index (χ2n) is 6.43. The van der Waals surface area contributed by atoms with E-state index in [4.69, 9.17) is 4.74 Å². The number of nitrogens with zero attached hydrogens (tertiary/aromatic N) is 2. The molecule has 2 amide bonds. The SMILES string of the molecule is COCCN(CCC(=O)NC(C)C)C(=O)c1csc(Nc2ccc(F)cc2)n1. The number of rotatable bonds is 10. The lowest BCUT2D eigenvalue weighted by atomic mass is 10.3. The summed E-state index contributed by atoms with van der Waals surface area (Å²) in [4.78, 5) is 30.6. The number of ether oxygens (including phenoxy) is 1. The van der Waals surface area contributed by atoms with Crippen molar-refractivity contribution in [2.45, 2.75) is 26.3 Å². The minimum atomic E-state index is -0.323. The molecule has 0 saturated heterocycles. The van der Waals surface area contributed by atoms with Crippen LogP contribution in [0.1, 0.15) is 30.8 Å². The lowest BCUT2D eigenvalue weighted by Gasteiger charge is -2.21. The molecule has 0 aliphatic rings. The maximum absolute atomic E-state index is 13.0. The molecule has 0 radical (unpaired) electrons. The van der Waals surface area contributed by atoms with E-state index in [0.717, 1.165) is 0 Å². The number of thiazole rings is 1. The molecule has 0 saturated carbocycles. The molecule has 2 rings (SSSR count).